The average molecular weight is 603 g/mol. The van der Waals surface area contributed by atoms with Crippen LogP contribution in [0, 0.1) is 0 Å². The van der Waals surface area contributed by atoms with Gasteiger partial charge >= 0.3 is 0 Å². The summed E-state index contributed by atoms with van der Waals surface area (Å²) in [7, 11) is 0. The number of benzene rings is 5. The van der Waals surface area contributed by atoms with Gasteiger partial charge in [-0.15, -0.1) is 26.3 Å². The SMILES string of the molecule is C=CCc1cccc(C(c2ccc(C(c3ccc(O)c(CC=C)c3)c3ccc(O)c(CC=C)c3)cc2)c2cccc(CC=C)c2)c1. The van der Waals surface area contributed by atoms with Crippen molar-refractivity contribution in [1.82, 2.24) is 0 Å². The molecule has 0 bridgehead atoms. The number of aromatic hydroxyl groups is 2. The van der Waals surface area contributed by atoms with E-state index in [9.17, 15) is 10.2 Å². The molecule has 230 valence electrons. The van der Waals surface area contributed by atoms with E-state index in [4.69, 9.17) is 0 Å². The zero-order chi connectivity index (χ0) is 32.5. The zero-order valence-corrected chi connectivity index (χ0v) is 26.4. The second kappa shape index (κ2) is 15.1. The quantitative estimate of drug-likeness (QED) is 0.0981. The summed E-state index contributed by atoms with van der Waals surface area (Å²) in [5.74, 6) is 0.447. The molecule has 0 aliphatic rings. The van der Waals surface area contributed by atoms with Gasteiger partial charge in [-0.1, -0.05) is 121 Å². The Balaban J connectivity index is 1.64. The van der Waals surface area contributed by atoms with Gasteiger partial charge in [-0.25, -0.2) is 0 Å². The molecule has 0 unspecified atom stereocenters. The van der Waals surface area contributed by atoms with Crippen molar-refractivity contribution < 1.29 is 10.2 Å². The van der Waals surface area contributed by atoms with E-state index in [-0.39, 0.29) is 23.3 Å². The van der Waals surface area contributed by atoms with Crippen LogP contribution in [0.1, 0.15) is 67.5 Å². The Morgan fingerprint density at radius 2 is 0.761 bits per heavy atom. The highest BCUT2D eigenvalue weighted by Crippen LogP contribution is 2.39. The molecular weight excluding hydrogens is 560 g/mol. The molecule has 2 nitrogen and oxygen atoms in total. The fraction of sp³-hybridized carbons (Fsp3) is 0.136. The standard InChI is InChI=1S/C44H42O2/c1-5-11-31-15-9-17-37(27-31)43(38-18-10-16-32(28-38)12-6-2)33-19-21-34(22-20-33)44(39-23-25-41(45)35(29-39)13-7-3)40-24-26-42(46)36(30-40)14-8-4/h5-10,15-30,43-46H,1-4,11-14H2. The number of allylic oxidation sites excluding steroid dienone is 4. The summed E-state index contributed by atoms with van der Waals surface area (Å²) in [6.45, 7) is 15.7. The molecule has 0 saturated heterocycles. The number of phenols is 2. The maximum absolute atomic E-state index is 10.6. The van der Waals surface area contributed by atoms with Crippen LogP contribution in [-0.4, -0.2) is 10.2 Å². The van der Waals surface area contributed by atoms with Gasteiger partial charge < -0.3 is 10.2 Å². The molecule has 0 saturated carbocycles. The van der Waals surface area contributed by atoms with E-state index in [1.54, 1.807) is 24.3 Å². The first-order valence-electron chi connectivity index (χ1n) is 15.8. The Labute approximate surface area is 274 Å². The minimum absolute atomic E-state index is 0.0442. The molecule has 0 spiro atoms. The van der Waals surface area contributed by atoms with E-state index in [1.165, 1.54) is 27.8 Å². The van der Waals surface area contributed by atoms with Crippen LogP contribution in [0.5, 0.6) is 11.5 Å². The minimum Gasteiger partial charge on any atom is -0.508 e. The predicted molar refractivity (Wildman–Crippen MR) is 193 cm³/mol. The van der Waals surface area contributed by atoms with Crippen LogP contribution >= 0.6 is 0 Å². The van der Waals surface area contributed by atoms with Crippen molar-refractivity contribution in [2.24, 2.45) is 0 Å². The third-order valence-corrected chi connectivity index (χ3v) is 8.53. The van der Waals surface area contributed by atoms with Crippen molar-refractivity contribution in [3.8, 4) is 11.5 Å². The molecule has 0 fully saturated rings. The number of hydrogen-bond donors (Lipinski definition) is 2. The highest BCUT2D eigenvalue weighted by Gasteiger charge is 2.22. The Morgan fingerprint density at radius 3 is 1.13 bits per heavy atom. The molecule has 2 heteroatoms. The van der Waals surface area contributed by atoms with Gasteiger partial charge in [0.25, 0.3) is 0 Å². The summed E-state index contributed by atoms with van der Waals surface area (Å²) in [5, 5.41) is 21.1. The molecule has 46 heavy (non-hydrogen) atoms. The van der Waals surface area contributed by atoms with Gasteiger partial charge in [-0.05, 0) is 93.5 Å². The zero-order valence-electron chi connectivity index (χ0n) is 26.4. The van der Waals surface area contributed by atoms with Gasteiger partial charge in [-0.3, -0.25) is 0 Å². The molecule has 5 aromatic carbocycles. The van der Waals surface area contributed by atoms with Crippen LogP contribution in [0.25, 0.3) is 0 Å². The van der Waals surface area contributed by atoms with E-state index in [2.05, 4.69) is 111 Å². The summed E-state index contributed by atoms with van der Waals surface area (Å²) in [4.78, 5) is 0. The van der Waals surface area contributed by atoms with Crippen LogP contribution in [0.2, 0.25) is 0 Å². The van der Waals surface area contributed by atoms with Crippen LogP contribution < -0.4 is 0 Å². The maximum atomic E-state index is 10.6. The van der Waals surface area contributed by atoms with Crippen molar-refractivity contribution in [3.05, 3.63) is 215 Å². The van der Waals surface area contributed by atoms with Crippen LogP contribution in [0.15, 0.2) is 160 Å². The topological polar surface area (TPSA) is 40.5 Å². The summed E-state index contributed by atoms with van der Waals surface area (Å²) in [5.41, 5.74) is 11.0. The van der Waals surface area contributed by atoms with Crippen molar-refractivity contribution in [2.75, 3.05) is 0 Å². The van der Waals surface area contributed by atoms with E-state index in [1.807, 2.05) is 24.3 Å². The lowest BCUT2D eigenvalue weighted by Gasteiger charge is -2.24. The number of phenolic OH excluding ortho intramolecular Hbond substituents is 2. The fourth-order valence-electron chi connectivity index (χ4n) is 6.38. The number of hydrogen-bond acceptors (Lipinski definition) is 2. The molecular formula is C44H42O2. The molecule has 0 heterocycles. The molecule has 0 radical (unpaired) electrons. The second-order valence-corrected chi connectivity index (χ2v) is 11.8. The summed E-state index contributed by atoms with van der Waals surface area (Å²) < 4.78 is 0. The Hall–Kier alpha value is -5.34. The monoisotopic (exact) mass is 602 g/mol. The van der Waals surface area contributed by atoms with Gasteiger partial charge in [-0.2, -0.15) is 0 Å². The van der Waals surface area contributed by atoms with Crippen molar-refractivity contribution in [2.45, 2.75) is 37.5 Å². The third kappa shape index (κ3) is 7.30. The molecule has 5 rings (SSSR count). The smallest absolute Gasteiger partial charge is 0.119 e. The van der Waals surface area contributed by atoms with E-state index in [0.29, 0.717) is 12.8 Å². The normalized spacial score (nSPS) is 11.0. The van der Waals surface area contributed by atoms with Gasteiger partial charge in [0.05, 0.1) is 0 Å². The lowest BCUT2D eigenvalue weighted by Crippen LogP contribution is -2.08. The highest BCUT2D eigenvalue weighted by molar-refractivity contribution is 5.52. The molecule has 0 aromatic heterocycles. The predicted octanol–water partition coefficient (Wildman–Crippen LogP) is 10.4. The Bertz CT molecular complexity index is 1730. The lowest BCUT2D eigenvalue weighted by molar-refractivity contribution is 0.469. The number of rotatable bonds is 14. The summed E-state index contributed by atoms with van der Waals surface area (Å²) >= 11 is 0. The summed E-state index contributed by atoms with van der Waals surface area (Å²) in [6.07, 6.45) is 10.3. The van der Waals surface area contributed by atoms with Crippen LogP contribution in [0.3, 0.4) is 0 Å². The highest BCUT2D eigenvalue weighted by atomic mass is 16.3. The molecule has 0 amide bonds. The van der Waals surface area contributed by atoms with Gasteiger partial charge in [0.15, 0.2) is 0 Å². The second-order valence-electron chi connectivity index (χ2n) is 11.8. The summed E-state index contributed by atoms with van der Waals surface area (Å²) in [6, 6.07) is 38.1. The molecule has 0 aliphatic carbocycles. The minimum atomic E-state index is -0.118. The van der Waals surface area contributed by atoms with Crippen molar-refractivity contribution in [3.63, 3.8) is 0 Å². The largest absolute Gasteiger partial charge is 0.508 e. The molecule has 0 aliphatic heterocycles. The maximum Gasteiger partial charge on any atom is 0.119 e. The molecule has 2 N–H and O–H groups in total. The first-order chi connectivity index (χ1) is 22.4. The molecule has 5 aromatic rings. The van der Waals surface area contributed by atoms with Gasteiger partial charge in [0.2, 0.25) is 0 Å². The Morgan fingerprint density at radius 1 is 0.413 bits per heavy atom. The Kier molecular flexibility index (Phi) is 10.5. The van der Waals surface area contributed by atoms with Gasteiger partial charge in [0.1, 0.15) is 11.5 Å². The third-order valence-electron chi connectivity index (χ3n) is 8.53. The lowest BCUT2D eigenvalue weighted by atomic mass is 9.80. The first kappa shape index (κ1) is 32.1. The van der Waals surface area contributed by atoms with E-state index < -0.39 is 0 Å². The van der Waals surface area contributed by atoms with Crippen LogP contribution in [0.4, 0.5) is 0 Å². The average Bonchev–Trinajstić information content (AvgIpc) is 3.06. The van der Waals surface area contributed by atoms with Crippen molar-refractivity contribution >= 4 is 0 Å². The van der Waals surface area contributed by atoms with Crippen molar-refractivity contribution in [1.29, 1.82) is 0 Å². The van der Waals surface area contributed by atoms with E-state index >= 15 is 0 Å². The van der Waals surface area contributed by atoms with E-state index in [0.717, 1.165) is 40.7 Å². The fourth-order valence-corrected chi connectivity index (χ4v) is 6.38. The molecule has 0 atom stereocenters. The first-order valence-corrected chi connectivity index (χ1v) is 15.8. The van der Waals surface area contributed by atoms with Crippen LogP contribution in [-0.2, 0) is 25.7 Å². The van der Waals surface area contributed by atoms with Gasteiger partial charge in [0, 0.05) is 11.8 Å².